The summed E-state index contributed by atoms with van der Waals surface area (Å²) < 4.78 is 31.2. The third kappa shape index (κ3) is 3.56. The summed E-state index contributed by atoms with van der Waals surface area (Å²) >= 11 is 0. The maximum atomic E-state index is 12.4. The lowest BCUT2D eigenvalue weighted by Gasteiger charge is -2.33. The van der Waals surface area contributed by atoms with Gasteiger partial charge in [0.05, 0.1) is 36.5 Å². The first-order chi connectivity index (χ1) is 9.95. The molecule has 0 radical (unpaired) electrons. The minimum atomic E-state index is -3.76. The smallest absolute Gasteiger partial charge is 0.273 e. The number of rotatable bonds is 5. The Balaban J connectivity index is 2.27. The average Bonchev–Trinajstić information content (AvgIpc) is 2.47. The van der Waals surface area contributed by atoms with Crippen LogP contribution in [-0.2, 0) is 20.5 Å². The molecular weight excluding hydrogens is 300 g/mol. The number of morpholine rings is 1. The molecule has 1 heterocycles. The van der Waals surface area contributed by atoms with Crippen LogP contribution in [0, 0.1) is 10.1 Å². The van der Waals surface area contributed by atoms with E-state index in [9.17, 15) is 23.6 Å². The lowest BCUT2D eigenvalue weighted by atomic mass is 10.2. The van der Waals surface area contributed by atoms with Gasteiger partial charge in [-0.05, 0) is 0 Å². The Bertz CT molecular complexity index is 618. The first kappa shape index (κ1) is 15.8. The molecule has 2 rings (SSSR count). The number of nitro groups is 1. The molecule has 0 bridgehead atoms. The minimum Gasteiger partial charge on any atom is -0.395 e. The summed E-state index contributed by atoms with van der Waals surface area (Å²) in [6, 6.07) is 5.09. The molecule has 0 spiro atoms. The first-order valence-electron chi connectivity index (χ1n) is 6.36. The van der Waals surface area contributed by atoms with E-state index in [0.717, 1.165) is 4.31 Å². The summed E-state index contributed by atoms with van der Waals surface area (Å²) in [5.74, 6) is -0.472. The van der Waals surface area contributed by atoms with Crippen LogP contribution in [0.15, 0.2) is 24.3 Å². The molecular formula is C12H16N2O6S. The van der Waals surface area contributed by atoms with E-state index in [4.69, 9.17) is 4.74 Å². The van der Waals surface area contributed by atoms with Crippen LogP contribution in [-0.4, -0.2) is 55.2 Å². The number of benzene rings is 1. The quantitative estimate of drug-likeness (QED) is 0.610. The Labute approximate surface area is 122 Å². The Kier molecular flexibility index (Phi) is 4.88. The second-order valence-corrected chi connectivity index (χ2v) is 6.59. The second-order valence-electron chi connectivity index (χ2n) is 4.66. The normalized spacial score (nSPS) is 20.3. The van der Waals surface area contributed by atoms with Gasteiger partial charge in [-0.15, -0.1) is 0 Å². The second kappa shape index (κ2) is 6.48. The summed E-state index contributed by atoms with van der Waals surface area (Å²) in [6.45, 7) is 0.142. The van der Waals surface area contributed by atoms with Crippen LogP contribution in [0.1, 0.15) is 5.56 Å². The van der Waals surface area contributed by atoms with Crippen molar-refractivity contribution in [3.05, 3.63) is 39.9 Å². The van der Waals surface area contributed by atoms with Gasteiger partial charge in [0.15, 0.2) is 0 Å². The van der Waals surface area contributed by atoms with E-state index in [1.54, 1.807) is 6.07 Å². The number of sulfonamides is 1. The first-order valence-corrected chi connectivity index (χ1v) is 7.97. The summed E-state index contributed by atoms with van der Waals surface area (Å²) in [4.78, 5) is 10.3. The molecule has 0 amide bonds. The van der Waals surface area contributed by atoms with Crippen LogP contribution in [0.2, 0.25) is 0 Å². The molecule has 1 saturated heterocycles. The van der Waals surface area contributed by atoms with Crippen LogP contribution in [0.25, 0.3) is 0 Å². The summed E-state index contributed by atoms with van der Waals surface area (Å²) in [6.07, 6.45) is 0. The highest BCUT2D eigenvalue weighted by atomic mass is 32.2. The van der Waals surface area contributed by atoms with Crippen molar-refractivity contribution in [3.8, 4) is 0 Å². The zero-order chi connectivity index (χ0) is 15.5. The summed E-state index contributed by atoms with van der Waals surface area (Å²) in [7, 11) is -3.76. The van der Waals surface area contributed by atoms with E-state index in [-0.39, 0.29) is 37.6 Å². The Hall–Kier alpha value is -1.55. The molecule has 1 N–H and O–H groups in total. The fraction of sp³-hybridized carbons (Fsp3) is 0.500. The molecule has 1 aromatic rings. The Morgan fingerprint density at radius 1 is 1.43 bits per heavy atom. The number of para-hydroxylation sites is 1. The van der Waals surface area contributed by atoms with Gasteiger partial charge in [0.25, 0.3) is 5.69 Å². The standard InChI is InChI=1S/C12H16N2O6S/c15-7-11-8-20-6-5-13(11)21(18,19)9-10-3-1-2-4-12(10)14(16)17/h1-4,11,15H,5-9H2. The lowest BCUT2D eigenvalue weighted by molar-refractivity contribution is -0.385. The van der Waals surface area contributed by atoms with E-state index in [0.29, 0.717) is 0 Å². The molecule has 116 valence electrons. The van der Waals surface area contributed by atoms with Gasteiger partial charge in [-0.2, -0.15) is 4.31 Å². The van der Waals surface area contributed by atoms with Gasteiger partial charge >= 0.3 is 0 Å². The Morgan fingerprint density at radius 3 is 2.81 bits per heavy atom. The zero-order valence-electron chi connectivity index (χ0n) is 11.2. The van der Waals surface area contributed by atoms with E-state index in [2.05, 4.69) is 0 Å². The fourth-order valence-corrected chi connectivity index (χ4v) is 3.98. The van der Waals surface area contributed by atoms with Gasteiger partial charge in [0, 0.05) is 18.2 Å². The highest BCUT2D eigenvalue weighted by Gasteiger charge is 2.33. The molecule has 0 saturated carbocycles. The molecule has 9 heteroatoms. The van der Waals surface area contributed by atoms with E-state index in [1.165, 1.54) is 18.2 Å². The average molecular weight is 316 g/mol. The van der Waals surface area contributed by atoms with Crippen LogP contribution in [0.3, 0.4) is 0 Å². The monoisotopic (exact) mass is 316 g/mol. The van der Waals surface area contributed by atoms with Crippen molar-refractivity contribution in [2.24, 2.45) is 0 Å². The zero-order valence-corrected chi connectivity index (χ0v) is 12.0. The molecule has 1 aromatic carbocycles. The molecule has 0 aliphatic carbocycles. The largest absolute Gasteiger partial charge is 0.395 e. The third-order valence-electron chi connectivity index (χ3n) is 3.27. The number of ether oxygens (including phenoxy) is 1. The summed E-state index contributed by atoms with van der Waals surface area (Å²) in [5.41, 5.74) is -0.0967. The predicted molar refractivity (Wildman–Crippen MR) is 74.1 cm³/mol. The number of aliphatic hydroxyl groups excluding tert-OH is 1. The van der Waals surface area contributed by atoms with Crippen molar-refractivity contribution >= 4 is 15.7 Å². The topological polar surface area (TPSA) is 110 Å². The van der Waals surface area contributed by atoms with Gasteiger partial charge in [-0.25, -0.2) is 8.42 Å². The highest BCUT2D eigenvalue weighted by molar-refractivity contribution is 7.88. The van der Waals surface area contributed by atoms with Gasteiger partial charge in [-0.3, -0.25) is 10.1 Å². The maximum Gasteiger partial charge on any atom is 0.273 e. The number of nitrogens with zero attached hydrogens (tertiary/aromatic N) is 2. The van der Waals surface area contributed by atoms with E-state index < -0.39 is 26.7 Å². The lowest BCUT2D eigenvalue weighted by Crippen LogP contribution is -2.50. The molecule has 1 aliphatic rings. The fourth-order valence-electron chi connectivity index (χ4n) is 2.24. The van der Waals surface area contributed by atoms with Gasteiger partial charge in [0.2, 0.25) is 10.0 Å². The van der Waals surface area contributed by atoms with Crippen molar-refractivity contribution < 1.29 is 23.2 Å². The van der Waals surface area contributed by atoms with Crippen molar-refractivity contribution in [1.29, 1.82) is 0 Å². The van der Waals surface area contributed by atoms with E-state index >= 15 is 0 Å². The van der Waals surface area contributed by atoms with Crippen LogP contribution >= 0.6 is 0 Å². The number of aliphatic hydroxyl groups is 1. The molecule has 8 nitrogen and oxygen atoms in total. The van der Waals surface area contributed by atoms with Crippen LogP contribution in [0.5, 0.6) is 0 Å². The maximum absolute atomic E-state index is 12.4. The van der Waals surface area contributed by atoms with Crippen LogP contribution in [0.4, 0.5) is 5.69 Å². The van der Waals surface area contributed by atoms with Crippen molar-refractivity contribution in [1.82, 2.24) is 4.31 Å². The summed E-state index contributed by atoms with van der Waals surface area (Å²) in [5, 5.41) is 20.2. The van der Waals surface area contributed by atoms with Gasteiger partial charge in [0.1, 0.15) is 0 Å². The van der Waals surface area contributed by atoms with Crippen molar-refractivity contribution in [2.45, 2.75) is 11.8 Å². The molecule has 21 heavy (non-hydrogen) atoms. The number of hydrogen-bond acceptors (Lipinski definition) is 6. The minimum absolute atomic E-state index is 0.118. The predicted octanol–water partition coefficient (Wildman–Crippen LogP) is 0.118. The molecule has 1 atom stereocenters. The van der Waals surface area contributed by atoms with Gasteiger partial charge in [-0.1, -0.05) is 18.2 Å². The van der Waals surface area contributed by atoms with Crippen molar-refractivity contribution in [3.63, 3.8) is 0 Å². The van der Waals surface area contributed by atoms with Crippen LogP contribution < -0.4 is 0 Å². The molecule has 0 aromatic heterocycles. The highest BCUT2D eigenvalue weighted by Crippen LogP contribution is 2.23. The molecule has 1 aliphatic heterocycles. The SMILES string of the molecule is O=[N+]([O-])c1ccccc1CS(=O)(=O)N1CCOCC1CO. The third-order valence-corrected chi connectivity index (χ3v) is 5.14. The van der Waals surface area contributed by atoms with Crippen molar-refractivity contribution in [2.75, 3.05) is 26.4 Å². The number of hydrogen-bond donors (Lipinski definition) is 1. The number of nitro benzene ring substituents is 1. The molecule has 1 fully saturated rings. The molecule has 1 unspecified atom stereocenters. The Morgan fingerprint density at radius 2 is 2.14 bits per heavy atom. The van der Waals surface area contributed by atoms with Gasteiger partial charge < -0.3 is 9.84 Å². The van der Waals surface area contributed by atoms with E-state index in [1.807, 2.05) is 0 Å².